The molecule has 0 N–H and O–H groups in total. The summed E-state index contributed by atoms with van der Waals surface area (Å²) in [5.74, 6) is 7.52. The van der Waals surface area contributed by atoms with Crippen molar-refractivity contribution in [2.45, 2.75) is 84.3 Å². The highest BCUT2D eigenvalue weighted by molar-refractivity contribution is 8.77. The van der Waals surface area contributed by atoms with E-state index in [1.807, 2.05) is 21.6 Å². The Kier molecular flexibility index (Phi) is 11.9. The zero-order valence-electron chi connectivity index (χ0n) is 15.0. The molecule has 124 valence electrons. The van der Waals surface area contributed by atoms with Crippen LogP contribution in [0.1, 0.15) is 74.1 Å². The van der Waals surface area contributed by atoms with Crippen molar-refractivity contribution in [2.75, 3.05) is 6.61 Å². The van der Waals surface area contributed by atoms with Crippen LogP contribution in [0.5, 0.6) is 0 Å². The lowest BCUT2D eigenvalue weighted by Crippen LogP contribution is -2.12. The molecule has 0 rings (SSSR count). The van der Waals surface area contributed by atoms with Crippen LogP contribution < -0.4 is 0 Å². The molecular formula is C18H34OS2. The number of hydrogen-bond donors (Lipinski definition) is 0. The van der Waals surface area contributed by atoms with E-state index in [1.54, 1.807) is 0 Å². The molecular weight excluding hydrogens is 296 g/mol. The molecule has 0 aliphatic carbocycles. The zero-order valence-corrected chi connectivity index (χ0v) is 16.6. The molecule has 0 saturated heterocycles. The highest BCUT2D eigenvalue weighted by atomic mass is 33.1. The molecule has 0 heterocycles. The maximum atomic E-state index is 5.96. The Morgan fingerprint density at radius 2 is 1.62 bits per heavy atom. The van der Waals surface area contributed by atoms with E-state index in [0.717, 1.165) is 12.3 Å². The number of hydrogen-bond acceptors (Lipinski definition) is 3. The van der Waals surface area contributed by atoms with Crippen LogP contribution in [0.2, 0.25) is 0 Å². The van der Waals surface area contributed by atoms with Crippen LogP contribution in [0.4, 0.5) is 0 Å². The average molecular weight is 331 g/mol. The molecule has 0 aliphatic rings. The molecule has 1 unspecified atom stereocenters. The van der Waals surface area contributed by atoms with Crippen LogP contribution in [-0.4, -0.2) is 16.8 Å². The van der Waals surface area contributed by atoms with Crippen LogP contribution in [0, 0.1) is 23.7 Å². The first-order valence-corrected chi connectivity index (χ1v) is 10.4. The summed E-state index contributed by atoms with van der Waals surface area (Å²) in [5, 5.41) is 0. The molecule has 0 spiro atoms. The standard InChI is InChI=1S/C18H34OS2/c1-15(2)11-8-9-13-17(20-21-18(5,6)7)19-14-10-12-16(3)4/h15-17H,8-9,11,13-14H2,1-7H3. The smallest absolute Gasteiger partial charge is 0.114 e. The van der Waals surface area contributed by atoms with E-state index in [2.05, 4.69) is 60.3 Å². The molecule has 0 fully saturated rings. The average Bonchev–Trinajstić information content (AvgIpc) is 2.33. The summed E-state index contributed by atoms with van der Waals surface area (Å²) >= 11 is 0. The van der Waals surface area contributed by atoms with Gasteiger partial charge in [-0.05, 0) is 18.8 Å². The summed E-state index contributed by atoms with van der Waals surface area (Å²) < 4.78 is 6.24. The molecule has 3 heteroatoms. The van der Waals surface area contributed by atoms with Gasteiger partial charge in [0.15, 0.2) is 0 Å². The molecule has 0 amide bonds. The van der Waals surface area contributed by atoms with Gasteiger partial charge in [0.1, 0.15) is 12.0 Å². The Morgan fingerprint density at radius 3 is 2.14 bits per heavy atom. The number of rotatable bonds is 9. The maximum Gasteiger partial charge on any atom is 0.114 e. The first-order chi connectivity index (χ1) is 9.70. The van der Waals surface area contributed by atoms with Gasteiger partial charge in [-0.15, -0.1) is 0 Å². The van der Waals surface area contributed by atoms with E-state index < -0.39 is 0 Å². The van der Waals surface area contributed by atoms with E-state index in [-0.39, 0.29) is 10.2 Å². The molecule has 1 nitrogen and oxygen atoms in total. The zero-order chi connectivity index (χ0) is 16.3. The van der Waals surface area contributed by atoms with Crippen LogP contribution in [0.25, 0.3) is 0 Å². The van der Waals surface area contributed by atoms with Crippen LogP contribution in [0.3, 0.4) is 0 Å². The van der Waals surface area contributed by atoms with Gasteiger partial charge in [0, 0.05) is 10.7 Å². The predicted octanol–water partition coefficient (Wildman–Crippen LogP) is 6.38. The second-order valence-corrected chi connectivity index (χ2v) is 10.4. The quantitative estimate of drug-likeness (QED) is 0.210. The van der Waals surface area contributed by atoms with Crippen molar-refractivity contribution in [2.24, 2.45) is 11.8 Å². The van der Waals surface area contributed by atoms with E-state index >= 15 is 0 Å². The molecule has 0 radical (unpaired) electrons. The summed E-state index contributed by atoms with van der Waals surface area (Å²) in [6.07, 6.45) is 4.99. The lowest BCUT2D eigenvalue weighted by Gasteiger charge is -2.21. The van der Waals surface area contributed by atoms with Gasteiger partial charge in [-0.25, -0.2) is 0 Å². The Balaban J connectivity index is 4.12. The topological polar surface area (TPSA) is 9.23 Å². The normalized spacial score (nSPS) is 13.4. The largest absolute Gasteiger partial charge is 0.354 e. The van der Waals surface area contributed by atoms with E-state index in [4.69, 9.17) is 4.74 Å². The van der Waals surface area contributed by atoms with Gasteiger partial charge in [0.2, 0.25) is 0 Å². The molecule has 0 bridgehead atoms. The SMILES string of the molecule is CC(C)C#CCOC(CCCCC(C)C)SSC(C)(C)C. The van der Waals surface area contributed by atoms with Gasteiger partial charge in [-0.2, -0.15) is 0 Å². The highest BCUT2D eigenvalue weighted by Gasteiger charge is 2.17. The molecule has 1 atom stereocenters. The van der Waals surface area contributed by atoms with Crippen molar-refractivity contribution in [3.63, 3.8) is 0 Å². The van der Waals surface area contributed by atoms with E-state index in [9.17, 15) is 0 Å². The minimum absolute atomic E-state index is 0.267. The maximum absolute atomic E-state index is 5.96. The molecule has 0 aromatic rings. The minimum atomic E-state index is 0.267. The lowest BCUT2D eigenvalue weighted by atomic mass is 10.1. The Bertz CT molecular complexity index is 307. The van der Waals surface area contributed by atoms with Crippen molar-refractivity contribution in [3.05, 3.63) is 0 Å². The van der Waals surface area contributed by atoms with Gasteiger partial charge in [-0.3, -0.25) is 0 Å². The van der Waals surface area contributed by atoms with Gasteiger partial charge >= 0.3 is 0 Å². The third-order valence-corrected chi connectivity index (χ3v) is 6.22. The van der Waals surface area contributed by atoms with Crippen molar-refractivity contribution >= 4 is 21.6 Å². The highest BCUT2D eigenvalue weighted by Crippen LogP contribution is 2.39. The van der Waals surface area contributed by atoms with Crippen molar-refractivity contribution in [1.29, 1.82) is 0 Å². The molecule has 0 aliphatic heterocycles. The van der Waals surface area contributed by atoms with Crippen molar-refractivity contribution in [1.82, 2.24) is 0 Å². The molecule has 0 saturated carbocycles. The van der Waals surface area contributed by atoms with Gasteiger partial charge < -0.3 is 4.74 Å². The second-order valence-electron chi connectivity index (χ2n) is 7.19. The summed E-state index contributed by atoms with van der Waals surface area (Å²) in [5.41, 5.74) is 0.267. The summed E-state index contributed by atoms with van der Waals surface area (Å²) in [6.45, 7) is 16.1. The van der Waals surface area contributed by atoms with E-state index in [0.29, 0.717) is 12.5 Å². The molecule has 0 aromatic heterocycles. The van der Waals surface area contributed by atoms with Crippen molar-refractivity contribution in [3.8, 4) is 11.8 Å². The summed E-state index contributed by atoms with van der Waals surface area (Å²) in [4.78, 5) is 0. The summed E-state index contributed by atoms with van der Waals surface area (Å²) in [6, 6.07) is 0. The lowest BCUT2D eigenvalue weighted by molar-refractivity contribution is 0.135. The Labute approximate surface area is 141 Å². The number of ether oxygens (including phenoxy) is 1. The predicted molar refractivity (Wildman–Crippen MR) is 101 cm³/mol. The molecule has 21 heavy (non-hydrogen) atoms. The first kappa shape index (κ1) is 21.2. The second kappa shape index (κ2) is 11.7. The van der Waals surface area contributed by atoms with Gasteiger partial charge in [0.05, 0.1) is 0 Å². The fourth-order valence-corrected chi connectivity index (χ4v) is 4.03. The fourth-order valence-electron chi connectivity index (χ4n) is 1.60. The monoisotopic (exact) mass is 330 g/mol. The Hall–Kier alpha value is 0.220. The van der Waals surface area contributed by atoms with Crippen molar-refractivity contribution < 1.29 is 4.74 Å². The minimum Gasteiger partial charge on any atom is -0.354 e. The third kappa shape index (κ3) is 16.4. The Morgan fingerprint density at radius 1 is 1.00 bits per heavy atom. The van der Waals surface area contributed by atoms with Gasteiger partial charge in [0.25, 0.3) is 0 Å². The van der Waals surface area contributed by atoms with Crippen LogP contribution >= 0.6 is 21.6 Å². The van der Waals surface area contributed by atoms with Crippen LogP contribution in [0.15, 0.2) is 0 Å². The number of unbranched alkanes of at least 4 members (excludes halogenated alkanes) is 1. The molecule has 0 aromatic carbocycles. The van der Waals surface area contributed by atoms with E-state index in [1.165, 1.54) is 19.3 Å². The summed E-state index contributed by atoms with van der Waals surface area (Å²) in [7, 11) is 3.79. The first-order valence-electron chi connectivity index (χ1n) is 8.15. The van der Waals surface area contributed by atoms with Crippen LogP contribution in [-0.2, 0) is 4.74 Å². The van der Waals surface area contributed by atoms with Gasteiger partial charge in [-0.1, -0.05) is 94.7 Å². The third-order valence-electron chi connectivity index (χ3n) is 2.61. The fraction of sp³-hybridized carbons (Fsp3) is 0.889.